The van der Waals surface area contributed by atoms with Crippen molar-refractivity contribution in [1.29, 1.82) is 0 Å². The molecule has 1 saturated carbocycles. The van der Waals surface area contributed by atoms with Gasteiger partial charge in [0.2, 0.25) is 0 Å². The standard InChI is InChI=1S/C30H34N2O4/c1-3-22-11-7-9-15-26(22)32-29(34)36-24-17-19-30(20-18-24,23-12-5-4-6-13-23)21-31-28(33)25-14-8-10-16-27(25)35-2/h4-16,24H,3,17-21H2,1-2H3,(H,31,33)(H,32,34). The van der Waals surface area contributed by atoms with Crippen LogP contribution in [0.1, 0.15) is 54.1 Å². The lowest BCUT2D eigenvalue weighted by Gasteiger charge is -2.40. The first-order valence-corrected chi connectivity index (χ1v) is 12.6. The van der Waals surface area contributed by atoms with Crippen molar-refractivity contribution in [3.8, 4) is 5.75 Å². The molecule has 1 fully saturated rings. The Morgan fingerprint density at radius 2 is 1.58 bits per heavy atom. The fraction of sp³-hybridized carbons (Fsp3) is 0.333. The summed E-state index contributed by atoms with van der Waals surface area (Å²) >= 11 is 0. The van der Waals surface area contributed by atoms with E-state index in [2.05, 4.69) is 29.7 Å². The van der Waals surface area contributed by atoms with E-state index in [0.717, 1.165) is 43.4 Å². The van der Waals surface area contributed by atoms with Crippen molar-refractivity contribution in [2.45, 2.75) is 50.5 Å². The van der Waals surface area contributed by atoms with Gasteiger partial charge in [-0.3, -0.25) is 10.1 Å². The van der Waals surface area contributed by atoms with E-state index in [4.69, 9.17) is 9.47 Å². The van der Waals surface area contributed by atoms with Crippen LogP contribution in [0.5, 0.6) is 5.75 Å². The Kier molecular flexibility index (Phi) is 8.26. The molecule has 188 valence electrons. The largest absolute Gasteiger partial charge is 0.496 e. The molecule has 1 aliphatic carbocycles. The molecule has 1 aliphatic rings. The predicted octanol–water partition coefficient (Wildman–Crippen LogP) is 6.12. The Morgan fingerprint density at radius 1 is 0.917 bits per heavy atom. The van der Waals surface area contributed by atoms with Crippen molar-refractivity contribution in [2.24, 2.45) is 0 Å². The minimum absolute atomic E-state index is 0.157. The molecule has 0 atom stereocenters. The maximum atomic E-state index is 13.0. The quantitative estimate of drug-likeness (QED) is 0.402. The highest BCUT2D eigenvalue weighted by Gasteiger charge is 2.38. The lowest BCUT2D eigenvalue weighted by Crippen LogP contribution is -2.45. The van der Waals surface area contributed by atoms with Gasteiger partial charge >= 0.3 is 6.09 Å². The molecule has 0 saturated heterocycles. The molecule has 2 N–H and O–H groups in total. The van der Waals surface area contributed by atoms with E-state index in [1.54, 1.807) is 19.2 Å². The van der Waals surface area contributed by atoms with E-state index < -0.39 is 6.09 Å². The number of methoxy groups -OCH3 is 1. The fourth-order valence-electron chi connectivity index (χ4n) is 5.04. The first-order valence-electron chi connectivity index (χ1n) is 12.6. The smallest absolute Gasteiger partial charge is 0.411 e. The molecule has 0 bridgehead atoms. The van der Waals surface area contributed by atoms with E-state index in [0.29, 0.717) is 17.9 Å². The van der Waals surface area contributed by atoms with Crippen LogP contribution in [0, 0.1) is 0 Å². The van der Waals surface area contributed by atoms with Crippen LogP contribution in [0.15, 0.2) is 78.9 Å². The van der Waals surface area contributed by atoms with Crippen molar-refractivity contribution in [3.05, 3.63) is 95.6 Å². The Labute approximate surface area is 213 Å². The Morgan fingerprint density at radius 3 is 2.31 bits per heavy atom. The number of aryl methyl sites for hydroxylation is 1. The zero-order valence-corrected chi connectivity index (χ0v) is 21.0. The van der Waals surface area contributed by atoms with E-state index in [1.807, 2.05) is 54.6 Å². The molecule has 3 aromatic rings. The third-order valence-electron chi connectivity index (χ3n) is 7.12. The highest BCUT2D eigenvalue weighted by molar-refractivity contribution is 5.97. The lowest BCUT2D eigenvalue weighted by molar-refractivity contribution is 0.0649. The normalized spacial score (nSPS) is 19.2. The Bertz CT molecular complexity index is 1170. The molecule has 0 unspecified atom stereocenters. The second kappa shape index (κ2) is 11.8. The van der Waals surface area contributed by atoms with Crippen molar-refractivity contribution >= 4 is 17.7 Å². The number of carbonyl (C=O) groups excluding carboxylic acids is 2. The van der Waals surface area contributed by atoms with E-state index >= 15 is 0 Å². The Hall–Kier alpha value is -3.80. The van der Waals surface area contributed by atoms with Crippen LogP contribution in [-0.2, 0) is 16.6 Å². The third-order valence-corrected chi connectivity index (χ3v) is 7.12. The van der Waals surface area contributed by atoms with Crippen LogP contribution < -0.4 is 15.4 Å². The van der Waals surface area contributed by atoms with E-state index in [-0.39, 0.29) is 17.4 Å². The zero-order valence-electron chi connectivity index (χ0n) is 21.0. The number of para-hydroxylation sites is 2. The van der Waals surface area contributed by atoms with Crippen LogP contribution in [-0.4, -0.2) is 31.8 Å². The molecule has 0 spiro atoms. The van der Waals surface area contributed by atoms with Crippen molar-refractivity contribution in [1.82, 2.24) is 5.32 Å². The van der Waals surface area contributed by atoms with Gasteiger partial charge in [0, 0.05) is 17.6 Å². The zero-order chi connectivity index (χ0) is 25.4. The minimum Gasteiger partial charge on any atom is -0.496 e. The van der Waals surface area contributed by atoms with Crippen LogP contribution in [0.25, 0.3) is 0 Å². The number of benzene rings is 3. The number of amides is 2. The maximum absolute atomic E-state index is 13.0. The molecular formula is C30H34N2O4. The summed E-state index contributed by atoms with van der Waals surface area (Å²) in [6.45, 7) is 2.56. The number of hydrogen-bond acceptors (Lipinski definition) is 4. The van der Waals surface area contributed by atoms with Crippen LogP contribution in [0.4, 0.5) is 10.5 Å². The second-order valence-electron chi connectivity index (χ2n) is 9.27. The van der Waals surface area contributed by atoms with Gasteiger partial charge in [0.25, 0.3) is 5.91 Å². The summed E-state index contributed by atoms with van der Waals surface area (Å²) < 4.78 is 11.2. The summed E-state index contributed by atoms with van der Waals surface area (Å²) in [5.41, 5.74) is 3.34. The van der Waals surface area contributed by atoms with Gasteiger partial charge in [-0.15, -0.1) is 0 Å². The molecule has 4 rings (SSSR count). The topological polar surface area (TPSA) is 76.7 Å². The number of anilines is 1. The molecule has 0 aliphatic heterocycles. The summed E-state index contributed by atoms with van der Waals surface area (Å²) in [5, 5.41) is 6.04. The van der Waals surface area contributed by atoms with Gasteiger partial charge in [-0.1, -0.05) is 67.6 Å². The average Bonchev–Trinajstić information content (AvgIpc) is 2.93. The summed E-state index contributed by atoms with van der Waals surface area (Å²) in [5.74, 6) is 0.395. The average molecular weight is 487 g/mol. The predicted molar refractivity (Wildman–Crippen MR) is 142 cm³/mol. The molecule has 3 aromatic carbocycles. The molecule has 0 radical (unpaired) electrons. The summed E-state index contributed by atoms with van der Waals surface area (Å²) in [6, 6.07) is 25.3. The van der Waals surface area contributed by atoms with Gasteiger partial charge in [0.1, 0.15) is 11.9 Å². The molecule has 0 heterocycles. The molecule has 6 heteroatoms. The third kappa shape index (κ3) is 5.88. The lowest BCUT2D eigenvalue weighted by atomic mass is 9.68. The Balaban J connectivity index is 1.41. The van der Waals surface area contributed by atoms with Crippen LogP contribution in [0.3, 0.4) is 0 Å². The first kappa shape index (κ1) is 25.3. The first-order chi connectivity index (χ1) is 17.5. The van der Waals surface area contributed by atoms with Crippen molar-refractivity contribution < 1.29 is 19.1 Å². The van der Waals surface area contributed by atoms with Crippen LogP contribution >= 0.6 is 0 Å². The van der Waals surface area contributed by atoms with E-state index in [9.17, 15) is 9.59 Å². The number of rotatable bonds is 8. The molecule has 6 nitrogen and oxygen atoms in total. The van der Waals surface area contributed by atoms with Gasteiger partial charge in [-0.05, 0) is 61.4 Å². The minimum atomic E-state index is -0.419. The second-order valence-corrected chi connectivity index (χ2v) is 9.27. The molecule has 2 amide bonds. The molecule has 0 aromatic heterocycles. The molecular weight excluding hydrogens is 452 g/mol. The summed E-state index contributed by atoms with van der Waals surface area (Å²) in [4.78, 5) is 25.6. The van der Waals surface area contributed by atoms with Gasteiger partial charge in [0.05, 0.1) is 12.7 Å². The fourth-order valence-corrected chi connectivity index (χ4v) is 5.04. The summed E-state index contributed by atoms with van der Waals surface area (Å²) in [7, 11) is 1.57. The van der Waals surface area contributed by atoms with Gasteiger partial charge in [-0.25, -0.2) is 4.79 Å². The monoisotopic (exact) mass is 486 g/mol. The molecule has 36 heavy (non-hydrogen) atoms. The maximum Gasteiger partial charge on any atom is 0.411 e. The number of hydrogen-bond donors (Lipinski definition) is 2. The highest BCUT2D eigenvalue weighted by Crippen LogP contribution is 2.40. The SMILES string of the molecule is CCc1ccccc1NC(=O)OC1CCC(CNC(=O)c2ccccc2OC)(c2ccccc2)CC1. The number of ether oxygens (including phenoxy) is 2. The van der Waals surface area contributed by atoms with Crippen LogP contribution in [0.2, 0.25) is 0 Å². The van der Waals surface area contributed by atoms with Crippen molar-refractivity contribution in [3.63, 3.8) is 0 Å². The highest BCUT2D eigenvalue weighted by atomic mass is 16.6. The van der Waals surface area contributed by atoms with Gasteiger partial charge < -0.3 is 14.8 Å². The summed E-state index contributed by atoms with van der Waals surface area (Å²) in [6.07, 6.45) is 3.29. The number of nitrogens with one attached hydrogen (secondary N) is 2. The van der Waals surface area contributed by atoms with Gasteiger partial charge in [-0.2, -0.15) is 0 Å². The number of carbonyl (C=O) groups is 2. The van der Waals surface area contributed by atoms with E-state index in [1.165, 1.54) is 5.56 Å². The van der Waals surface area contributed by atoms with Gasteiger partial charge in [0.15, 0.2) is 0 Å². The van der Waals surface area contributed by atoms with Crippen molar-refractivity contribution in [2.75, 3.05) is 19.0 Å².